The lowest BCUT2D eigenvalue weighted by atomic mass is 10.2. The Morgan fingerprint density at radius 3 is 2.34 bits per heavy atom. The van der Waals surface area contributed by atoms with Crippen molar-refractivity contribution < 1.29 is 19.1 Å². The maximum Gasteiger partial charge on any atom is 0.276 e. The average molecular weight is 593 g/mol. The Morgan fingerprint density at radius 1 is 1.00 bits per heavy atom. The molecule has 0 radical (unpaired) electrons. The number of hydrazine groups is 1. The number of rotatable bonds is 7. The summed E-state index contributed by atoms with van der Waals surface area (Å²) in [7, 11) is 0. The first-order valence-corrected chi connectivity index (χ1v) is 11.1. The first-order valence-electron chi connectivity index (χ1n) is 8.77. The molecule has 29 heavy (non-hydrogen) atoms. The van der Waals surface area contributed by atoms with Crippen LogP contribution in [0.5, 0.6) is 11.5 Å². The molecule has 0 spiro atoms. The van der Waals surface area contributed by atoms with Gasteiger partial charge >= 0.3 is 0 Å². The fourth-order valence-electron chi connectivity index (χ4n) is 2.26. The molecule has 0 aliphatic heterocycles. The molecule has 0 heterocycles. The summed E-state index contributed by atoms with van der Waals surface area (Å²) in [5.74, 6) is 0.682. The minimum absolute atomic E-state index is 0.243. The molecule has 0 saturated carbocycles. The number of carbonyl (C=O) groups excluding carboxylic acids is 2. The summed E-state index contributed by atoms with van der Waals surface area (Å²) in [5.41, 5.74) is 5.96. The molecule has 2 aromatic rings. The van der Waals surface area contributed by atoms with Crippen molar-refractivity contribution in [2.45, 2.75) is 20.8 Å². The summed E-state index contributed by atoms with van der Waals surface area (Å²) in [6.45, 7) is 6.32. The Morgan fingerprint density at radius 2 is 1.72 bits per heavy atom. The summed E-state index contributed by atoms with van der Waals surface area (Å²) in [6, 6.07) is 8.68. The van der Waals surface area contributed by atoms with E-state index in [1.54, 1.807) is 18.2 Å². The fraction of sp³-hybridized carbons (Fsp3) is 0.300. The minimum Gasteiger partial charge on any atom is -0.492 e. The summed E-state index contributed by atoms with van der Waals surface area (Å²) >= 11 is 10.2. The number of amides is 2. The summed E-state index contributed by atoms with van der Waals surface area (Å²) in [4.78, 5) is 24.3. The number of halogens is 3. The molecule has 0 aliphatic carbocycles. The van der Waals surface area contributed by atoms with Crippen LogP contribution in [0.4, 0.5) is 0 Å². The van der Waals surface area contributed by atoms with Crippen LogP contribution in [0.25, 0.3) is 0 Å². The molecule has 0 aliphatic rings. The molecule has 2 N–H and O–H groups in total. The van der Waals surface area contributed by atoms with E-state index in [0.29, 0.717) is 34.1 Å². The van der Waals surface area contributed by atoms with Gasteiger partial charge < -0.3 is 9.47 Å². The molecule has 0 fully saturated rings. The van der Waals surface area contributed by atoms with Gasteiger partial charge in [-0.05, 0) is 80.6 Å². The third kappa shape index (κ3) is 7.31. The van der Waals surface area contributed by atoms with Gasteiger partial charge in [0.2, 0.25) is 0 Å². The molecular formula is C20H21Br3N2O4. The molecule has 0 aromatic heterocycles. The largest absolute Gasteiger partial charge is 0.492 e. The van der Waals surface area contributed by atoms with E-state index in [0.717, 1.165) is 14.5 Å². The van der Waals surface area contributed by atoms with Crippen LogP contribution in [-0.4, -0.2) is 25.0 Å². The number of aryl methyl sites for hydroxylation is 1. The minimum atomic E-state index is -0.483. The van der Waals surface area contributed by atoms with Crippen LogP contribution in [0.2, 0.25) is 0 Å². The van der Waals surface area contributed by atoms with Gasteiger partial charge in [-0.3, -0.25) is 20.4 Å². The number of ether oxygens (including phenoxy) is 2. The molecule has 2 rings (SSSR count). The van der Waals surface area contributed by atoms with Gasteiger partial charge in [-0.25, -0.2) is 0 Å². The summed E-state index contributed by atoms with van der Waals surface area (Å²) < 4.78 is 13.5. The van der Waals surface area contributed by atoms with Crippen molar-refractivity contribution in [2.24, 2.45) is 5.92 Å². The molecular weight excluding hydrogens is 572 g/mol. The third-order valence-corrected chi connectivity index (χ3v) is 5.29. The molecule has 9 heteroatoms. The van der Waals surface area contributed by atoms with Gasteiger partial charge in [0.25, 0.3) is 11.8 Å². The van der Waals surface area contributed by atoms with Crippen molar-refractivity contribution in [3.8, 4) is 11.5 Å². The zero-order valence-corrected chi connectivity index (χ0v) is 20.9. The van der Waals surface area contributed by atoms with Gasteiger partial charge in [0.05, 0.1) is 15.6 Å². The van der Waals surface area contributed by atoms with Crippen molar-refractivity contribution in [1.29, 1.82) is 0 Å². The summed E-state index contributed by atoms with van der Waals surface area (Å²) in [6.07, 6.45) is 0. The van der Waals surface area contributed by atoms with E-state index in [2.05, 4.69) is 72.5 Å². The first kappa shape index (κ1) is 23.7. The first-order chi connectivity index (χ1) is 13.7. The predicted molar refractivity (Wildman–Crippen MR) is 122 cm³/mol. The molecule has 2 amide bonds. The average Bonchev–Trinajstić information content (AvgIpc) is 2.64. The number of carbonyl (C=O) groups is 2. The highest BCUT2D eigenvalue weighted by Gasteiger charge is 2.13. The van der Waals surface area contributed by atoms with E-state index in [1.165, 1.54) is 0 Å². The fourth-order valence-corrected chi connectivity index (χ4v) is 4.31. The zero-order valence-electron chi connectivity index (χ0n) is 16.1. The lowest BCUT2D eigenvalue weighted by molar-refractivity contribution is -0.123. The quantitative estimate of drug-likeness (QED) is 0.436. The smallest absolute Gasteiger partial charge is 0.276 e. The molecule has 0 bridgehead atoms. The Hall–Kier alpha value is -1.58. The lowest BCUT2D eigenvalue weighted by Crippen LogP contribution is -2.43. The predicted octanol–water partition coefficient (Wildman–Crippen LogP) is 5.16. The van der Waals surface area contributed by atoms with Crippen LogP contribution < -0.4 is 20.3 Å². The van der Waals surface area contributed by atoms with Crippen molar-refractivity contribution in [3.05, 3.63) is 54.9 Å². The molecule has 6 nitrogen and oxygen atoms in total. The number of benzene rings is 2. The molecule has 2 aromatic carbocycles. The lowest BCUT2D eigenvalue weighted by Gasteiger charge is -2.13. The van der Waals surface area contributed by atoms with E-state index >= 15 is 0 Å². The topological polar surface area (TPSA) is 76.7 Å². The Bertz CT molecular complexity index is 880. The van der Waals surface area contributed by atoms with Crippen LogP contribution in [-0.2, 0) is 4.79 Å². The van der Waals surface area contributed by atoms with Crippen molar-refractivity contribution in [2.75, 3.05) is 13.2 Å². The summed E-state index contributed by atoms with van der Waals surface area (Å²) in [5, 5.41) is 0. The van der Waals surface area contributed by atoms with Crippen LogP contribution in [0, 0.1) is 12.8 Å². The highest BCUT2D eigenvalue weighted by Crippen LogP contribution is 2.32. The van der Waals surface area contributed by atoms with Gasteiger partial charge in [-0.15, -0.1) is 0 Å². The molecule has 0 saturated heterocycles. The number of hydrogen-bond donors (Lipinski definition) is 2. The molecule has 0 atom stereocenters. The van der Waals surface area contributed by atoms with E-state index in [4.69, 9.17) is 9.47 Å². The number of hydrogen-bond acceptors (Lipinski definition) is 4. The Balaban J connectivity index is 1.87. The standard InChI is InChI=1S/C20H21Br3N2O4/c1-11(2)9-28-17-5-4-13(7-15(17)22)20(27)25-24-18(26)10-29-19-12(3)6-14(21)8-16(19)23/h4-8,11H,9-10H2,1-3H3,(H,24,26)(H,25,27). The SMILES string of the molecule is Cc1cc(Br)cc(Br)c1OCC(=O)NNC(=O)c1ccc(OCC(C)C)c(Br)c1. The highest BCUT2D eigenvalue weighted by molar-refractivity contribution is 9.11. The van der Waals surface area contributed by atoms with Gasteiger partial charge in [0, 0.05) is 10.0 Å². The van der Waals surface area contributed by atoms with Crippen LogP contribution >= 0.6 is 47.8 Å². The van der Waals surface area contributed by atoms with E-state index in [9.17, 15) is 9.59 Å². The van der Waals surface area contributed by atoms with Gasteiger partial charge in [-0.1, -0.05) is 29.8 Å². The van der Waals surface area contributed by atoms with E-state index in [1.807, 2.05) is 19.1 Å². The second kappa shape index (κ2) is 11.0. The monoisotopic (exact) mass is 590 g/mol. The highest BCUT2D eigenvalue weighted by atomic mass is 79.9. The van der Waals surface area contributed by atoms with Crippen molar-refractivity contribution in [3.63, 3.8) is 0 Å². The van der Waals surface area contributed by atoms with Gasteiger partial charge in [0.15, 0.2) is 6.61 Å². The number of nitrogens with one attached hydrogen (secondary N) is 2. The Labute approximate surface area is 195 Å². The second-order valence-corrected chi connectivity index (χ2v) is 9.30. The normalized spacial score (nSPS) is 10.6. The van der Waals surface area contributed by atoms with E-state index in [-0.39, 0.29) is 6.61 Å². The molecule has 156 valence electrons. The van der Waals surface area contributed by atoms with Crippen molar-refractivity contribution >= 4 is 59.6 Å². The van der Waals surface area contributed by atoms with E-state index < -0.39 is 11.8 Å². The maximum atomic E-state index is 12.3. The Kier molecular flexibility index (Phi) is 8.98. The van der Waals surface area contributed by atoms with Gasteiger partial charge in [0.1, 0.15) is 11.5 Å². The van der Waals surface area contributed by atoms with Crippen molar-refractivity contribution in [1.82, 2.24) is 10.9 Å². The zero-order chi connectivity index (χ0) is 21.6. The molecule has 0 unspecified atom stereocenters. The van der Waals surface area contributed by atoms with Crippen LogP contribution in [0.3, 0.4) is 0 Å². The van der Waals surface area contributed by atoms with Gasteiger partial charge in [-0.2, -0.15) is 0 Å². The maximum absolute atomic E-state index is 12.3. The third-order valence-electron chi connectivity index (χ3n) is 3.62. The van der Waals surface area contributed by atoms with Crippen LogP contribution in [0.15, 0.2) is 43.7 Å². The van der Waals surface area contributed by atoms with Crippen LogP contribution in [0.1, 0.15) is 29.8 Å². The second-order valence-electron chi connectivity index (χ2n) is 6.67.